The van der Waals surface area contributed by atoms with Crippen molar-refractivity contribution in [3.8, 4) is 5.75 Å². The molecule has 7 nitrogen and oxygen atoms in total. The van der Waals surface area contributed by atoms with Gasteiger partial charge in [-0.15, -0.1) is 0 Å². The molecule has 1 unspecified atom stereocenters. The number of hydrogen-bond donors (Lipinski definition) is 2. The van der Waals surface area contributed by atoms with Crippen LogP contribution < -0.4 is 10.5 Å². The van der Waals surface area contributed by atoms with Crippen molar-refractivity contribution in [3.63, 3.8) is 0 Å². The molecule has 0 aliphatic carbocycles. The summed E-state index contributed by atoms with van der Waals surface area (Å²) in [4.78, 5) is 10.2. The molecule has 3 N–H and O–H groups in total. The lowest BCUT2D eigenvalue weighted by atomic mass is 10.2. The van der Waals surface area contributed by atoms with Gasteiger partial charge in [-0.05, 0) is 19.9 Å². The largest absolute Gasteiger partial charge is 0.490 e. The first kappa shape index (κ1) is 16.4. The van der Waals surface area contributed by atoms with Gasteiger partial charge < -0.3 is 20.3 Å². The first-order valence-corrected chi connectivity index (χ1v) is 6.34. The molecule has 0 amide bonds. The number of nitro groups is 1. The summed E-state index contributed by atoms with van der Waals surface area (Å²) in [7, 11) is 0. The smallest absolute Gasteiger partial charge is 0.270 e. The van der Waals surface area contributed by atoms with Crippen molar-refractivity contribution < 1.29 is 19.5 Å². The van der Waals surface area contributed by atoms with E-state index < -0.39 is 11.0 Å². The van der Waals surface area contributed by atoms with Gasteiger partial charge in [0.25, 0.3) is 5.69 Å². The molecule has 0 aliphatic heterocycles. The van der Waals surface area contributed by atoms with Gasteiger partial charge >= 0.3 is 0 Å². The quantitative estimate of drug-likeness (QED) is 0.549. The van der Waals surface area contributed by atoms with Crippen LogP contribution in [0, 0.1) is 10.1 Å². The Hall–Kier alpha value is -1.70. The molecule has 0 radical (unpaired) electrons. The molecule has 0 saturated heterocycles. The third-order valence-corrected chi connectivity index (χ3v) is 2.53. The van der Waals surface area contributed by atoms with E-state index in [1.165, 1.54) is 18.2 Å². The zero-order valence-electron chi connectivity index (χ0n) is 11.6. The monoisotopic (exact) mass is 284 g/mol. The maximum absolute atomic E-state index is 10.7. The molecule has 112 valence electrons. The van der Waals surface area contributed by atoms with Crippen molar-refractivity contribution in [2.24, 2.45) is 5.73 Å². The van der Waals surface area contributed by atoms with Gasteiger partial charge in [-0.3, -0.25) is 10.1 Å². The Labute approximate surface area is 117 Å². The van der Waals surface area contributed by atoms with Crippen LogP contribution in [0.3, 0.4) is 0 Å². The van der Waals surface area contributed by atoms with Crippen LogP contribution in [0.5, 0.6) is 5.75 Å². The van der Waals surface area contributed by atoms with Crippen LogP contribution in [0.15, 0.2) is 18.2 Å². The second kappa shape index (κ2) is 7.78. The van der Waals surface area contributed by atoms with Gasteiger partial charge in [0.2, 0.25) is 0 Å². The van der Waals surface area contributed by atoms with Crippen molar-refractivity contribution in [3.05, 3.63) is 33.9 Å². The summed E-state index contributed by atoms with van der Waals surface area (Å²) in [5, 5.41) is 20.3. The van der Waals surface area contributed by atoms with Gasteiger partial charge in [0, 0.05) is 24.2 Å². The molecule has 0 aromatic heterocycles. The van der Waals surface area contributed by atoms with Crippen molar-refractivity contribution in [1.29, 1.82) is 0 Å². The lowest BCUT2D eigenvalue weighted by Gasteiger charge is -2.15. The number of nitrogens with two attached hydrogens (primary N) is 1. The number of hydrogen-bond acceptors (Lipinski definition) is 6. The van der Waals surface area contributed by atoms with E-state index in [4.69, 9.17) is 15.2 Å². The number of nitrogens with zero attached hydrogens (tertiary/aromatic N) is 1. The van der Waals surface area contributed by atoms with Crippen LogP contribution in [0.4, 0.5) is 5.69 Å². The minimum Gasteiger partial charge on any atom is -0.490 e. The fraction of sp³-hybridized carbons (Fsp3) is 0.538. The summed E-state index contributed by atoms with van der Waals surface area (Å²) in [6.45, 7) is 4.07. The first-order chi connectivity index (χ1) is 9.43. The summed E-state index contributed by atoms with van der Waals surface area (Å²) in [6.07, 6.45) is -0.734. The molecule has 0 fully saturated rings. The maximum atomic E-state index is 10.7. The van der Waals surface area contributed by atoms with Gasteiger partial charge in [-0.1, -0.05) is 0 Å². The fourth-order valence-corrected chi connectivity index (χ4v) is 1.52. The molecule has 0 aliphatic rings. The highest BCUT2D eigenvalue weighted by Crippen LogP contribution is 2.23. The normalized spacial score (nSPS) is 12.4. The summed E-state index contributed by atoms with van der Waals surface area (Å²) in [5.41, 5.74) is 6.02. The van der Waals surface area contributed by atoms with Gasteiger partial charge in [0.15, 0.2) is 0 Å². The Bertz CT molecular complexity index is 450. The van der Waals surface area contributed by atoms with Crippen LogP contribution in [-0.2, 0) is 11.3 Å². The van der Waals surface area contributed by atoms with Crippen LogP contribution in [0.1, 0.15) is 19.4 Å². The first-order valence-electron chi connectivity index (χ1n) is 6.34. The summed E-state index contributed by atoms with van der Waals surface area (Å²) >= 11 is 0. The molecule has 1 atom stereocenters. The minimum absolute atomic E-state index is 0.0311. The van der Waals surface area contributed by atoms with Gasteiger partial charge in [0.1, 0.15) is 18.5 Å². The zero-order valence-corrected chi connectivity index (χ0v) is 11.6. The SMILES string of the molecule is CC(C)OCC(O)COc1ccc([N+](=O)[O-])cc1CN. The Morgan fingerprint density at radius 2 is 2.10 bits per heavy atom. The molecule has 0 heterocycles. The van der Waals surface area contributed by atoms with Gasteiger partial charge in [0.05, 0.1) is 17.6 Å². The average molecular weight is 284 g/mol. The lowest BCUT2D eigenvalue weighted by Crippen LogP contribution is -2.25. The van der Waals surface area contributed by atoms with Gasteiger partial charge in [-0.2, -0.15) is 0 Å². The number of nitro benzene ring substituents is 1. The molecular weight excluding hydrogens is 264 g/mol. The minimum atomic E-state index is -0.766. The molecule has 1 aromatic carbocycles. The number of benzene rings is 1. The van der Waals surface area contributed by atoms with Crippen molar-refractivity contribution >= 4 is 5.69 Å². The summed E-state index contributed by atoms with van der Waals surface area (Å²) in [5.74, 6) is 0.432. The third kappa shape index (κ3) is 5.12. The van der Waals surface area contributed by atoms with Crippen LogP contribution in [0.2, 0.25) is 0 Å². The van der Waals surface area contributed by atoms with E-state index in [-0.39, 0.29) is 31.5 Å². The number of aliphatic hydroxyl groups is 1. The fourth-order valence-electron chi connectivity index (χ4n) is 1.52. The second-order valence-electron chi connectivity index (χ2n) is 4.60. The van der Waals surface area contributed by atoms with E-state index >= 15 is 0 Å². The molecule has 0 saturated carbocycles. The highest BCUT2D eigenvalue weighted by atomic mass is 16.6. The third-order valence-electron chi connectivity index (χ3n) is 2.53. The van der Waals surface area contributed by atoms with E-state index in [1.54, 1.807) is 0 Å². The van der Waals surface area contributed by atoms with E-state index in [0.717, 1.165) is 0 Å². The van der Waals surface area contributed by atoms with E-state index in [1.807, 2.05) is 13.8 Å². The van der Waals surface area contributed by atoms with Crippen molar-refractivity contribution in [2.45, 2.75) is 32.6 Å². The molecule has 20 heavy (non-hydrogen) atoms. The maximum Gasteiger partial charge on any atom is 0.270 e. The predicted octanol–water partition coefficient (Wildman–Crippen LogP) is 1.22. The topological polar surface area (TPSA) is 108 Å². The van der Waals surface area contributed by atoms with Crippen molar-refractivity contribution in [1.82, 2.24) is 0 Å². The Kier molecular flexibility index (Phi) is 6.37. The lowest BCUT2D eigenvalue weighted by molar-refractivity contribution is -0.384. The van der Waals surface area contributed by atoms with Crippen molar-refractivity contribution in [2.75, 3.05) is 13.2 Å². The Balaban J connectivity index is 2.61. The highest BCUT2D eigenvalue weighted by Gasteiger charge is 2.13. The molecule has 1 rings (SSSR count). The van der Waals surface area contributed by atoms with E-state index in [9.17, 15) is 15.2 Å². The molecule has 0 bridgehead atoms. The van der Waals surface area contributed by atoms with Crippen LogP contribution >= 0.6 is 0 Å². The Morgan fingerprint density at radius 3 is 2.65 bits per heavy atom. The molecule has 0 spiro atoms. The summed E-state index contributed by atoms with van der Waals surface area (Å²) < 4.78 is 10.7. The Morgan fingerprint density at radius 1 is 1.40 bits per heavy atom. The van der Waals surface area contributed by atoms with E-state index in [2.05, 4.69) is 0 Å². The van der Waals surface area contributed by atoms with Crippen LogP contribution in [0.25, 0.3) is 0 Å². The summed E-state index contributed by atoms with van der Waals surface area (Å²) in [6, 6.07) is 4.19. The molecule has 1 aromatic rings. The number of ether oxygens (including phenoxy) is 2. The predicted molar refractivity (Wildman–Crippen MR) is 73.6 cm³/mol. The molecule has 7 heteroatoms. The zero-order chi connectivity index (χ0) is 15.1. The number of non-ortho nitro benzene ring substituents is 1. The standard InChI is InChI=1S/C13H20N2O5/c1-9(2)19-7-12(16)8-20-13-4-3-11(15(17)18)5-10(13)6-14/h3-5,9,12,16H,6-8,14H2,1-2H3. The number of rotatable bonds is 8. The van der Waals surface area contributed by atoms with E-state index in [0.29, 0.717) is 11.3 Å². The van der Waals surface area contributed by atoms with Crippen LogP contribution in [-0.4, -0.2) is 35.5 Å². The average Bonchev–Trinajstić information content (AvgIpc) is 2.42. The second-order valence-corrected chi connectivity index (χ2v) is 4.60. The highest BCUT2D eigenvalue weighted by molar-refractivity contribution is 5.43. The number of aliphatic hydroxyl groups excluding tert-OH is 1. The molecular formula is C13H20N2O5. The van der Waals surface area contributed by atoms with Gasteiger partial charge in [-0.25, -0.2) is 0 Å².